The van der Waals surface area contributed by atoms with Gasteiger partial charge in [0.15, 0.2) is 5.82 Å². The topological polar surface area (TPSA) is 90.6 Å². The van der Waals surface area contributed by atoms with Crippen LogP contribution in [0, 0.1) is 6.92 Å². The molecule has 7 nitrogen and oxygen atoms in total. The fourth-order valence-corrected chi connectivity index (χ4v) is 3.73. The zero-order valence-corrected chi connectivity index (χ0v) is 13.0. The summed E-state index contributed by atoms with van der Waals surface area (Å²) in [5.74, 6) is 2.36. The van der Waals surface area contributed by atoms with Crippen LogP contribution in [0.15, 0.2) is 16.2 Å². The summed E-state index contributed by atoms with van der Waals surface area (Å²) in [6.07, 6.45) is 2.13. The fourth-order valence-electron chi connectivity index (χ4n) is 3.01. The SMILES string of the molecule is Cc1nc([C@@H]2CCCN2Cc2nc3ccsc3c(=O)[nH]2)n[nH]1. The van der Waals surface area contributed by atoms with Crippen molar-refractivity contribution in [2.75, 3.05) is 6.54 Å². The van der Waals surface area contributed by atoms with Gasteiger partial charge < -0.3 is 4.98 Å². The quantitative estimate of drug-likeness (QED) is 0.768. The number of thiophene rings is 1. The summed E-state index contributed by atoms with van der Waals surface area (Å²) >= 11 is 1.42. The van der Waals surface area contributed by atoms with Gasteiger partial charge >= 0.3 is 0 Å². The third-order valence-corrected chi connectivity index (χ3v) is 4.90. The monoisotopic (exact) mass is 316 g/mol. The van der Waals surface area contributed by atoms with Gasteiger partial charge in [-0.25, -0.2) is 9.97 Å². The minimum Gasteiger partial charge on any atom is -0.308 e. The van der Waals surface area contributed by atoms with Crippen molar-refractivity contribution in [1.82, 2.24) is 30.0 Å². The Labute approximate surface area is 130 Å². The minimum atomic E-state index is -0.0560. The lowest BCUT2D eigenvalue weighted by atomic mass is 10.2. The smallest absolute Gasteiger partial charge is 0.268 e. The van der Waals surface area contributed by atoms with Crippen LogP contribution in [0.4, 0.5) is 0 Å². The second-order valence-electron chi connectivity index (χ2n) is 5.56. The molecule has 0 aliphatic carbocycles. The van der Waals surface area contributed by atoms with Gasteiger partial charge in [-0.05, 0) is 37.8 Å². The lowest BCUT2D eigenvalue weighted by molar-refractivity contribution is 0.234. The first-order valence-corrected chi connectivity index (χ1v) is 8.18. The zero-order valence-electron chi connectivity index (χ0n) is 12.2. The minimum absolute atomic E-state index is 0.0560. The molecule has 1 atom stereocenters. The van der Waals surface area contributed by atoms with Crippen LogP contribution in [0.5, 0.6) is 0 Å². The molecule has 8 heteroatoms. The molecule has 4 rings (SSSR count). The molecule has 1 aliphatic heterocycles. The standard InChI is InChI=1S/C14H16N6OS/c1-8-15-13(19-18-8)10-3-2-5-20(10)7-11-16-9-4-6-22-12(9)14(21)17-11/h4,6,10H,2-3,5,7H2,1H3,(H,15,18,19)(H,16,17,21)/t10-/m0/s1. The number of nitrogens with zero attached hydrogens (tertiary/aromatic N) is 4. The van der Waals surface area contributed by atoms with Crippen LogP contribution in [0.2, 0.25) is 0 Å². The van der Waals surface area contributed by atoms with Gasteiger partial charge in [0, 0.05) is 0 Å². The van der Waals surface area contributed by atoms with Crippen LogP contribution in [0.3, 0.4) is 0 Å². The Morgan fingerprint density at radius 1 is 1.45 bits per heavy atom. The largest absolute Gasteiger partial charge is 0.308 e. The summed E-state index contributed by atoms with van der Waals surface area (Å²) in [6, 6.07) is 2.08. The molecular formula is C14H16N6OS. The van der Waals surface area contributed by atoms with Gasteiger partial charge in [0.05, 0.1) is 18.1 Å². The van der Waals surface area contributed by atoms with E-state index in [2.05, 4.69) is 30.0 Å². The molecule has 0 unspecified atom stereocenters. The van der Waals surface area contributed by atoms with Gasteiger partial charge in [-0.2, -0.15) is 5.10 Å². The highest BCUT2D eigenvalue weighted by Crippen LogP contribution is 2.30. The number of H-pyrrole nitrogens is 2. The van der Waals surface area contributed by atoms with Crippen LogP contribution < -0.4 is 5.56 Å². The van der Waals surface area contributed by atoms with E-state index in [1.165, 1.54) is 11.3 Å². The molecule has 3 aromatic rings. The van der Waals surface area contributed by atoms with E-state index in [1.54, 1.807) is 0 Å². The van der Waals surface area contributed by atoms with E-state index in [-0.39, 0.29) is 11.6 Å². The van der Waals surface area contributed by atoms with E-state index >= 15 is 0 Å². The summed E-state index contributed by atoms with van der Waals surface area (Å²) in [5, 5.41) is 9.07. The van der Waals surface area contributed by atoms with E-state index in [1.807, 2.05) is 18.4 Å². The van der Waals surface area contributed by atoms with Gasteiger partial charge in [-0.3, -0.25) is 14.8 Å². The van der Waals surface area contributed by atoms with Gasteiger partial charge in [-0.15, -0.1) is 11.3 Å². The van der Waals surface area contributed by atoms with Gasteiger partial charge in [0.25, 0.3) is 5.56 Å². The molecule has 0 spiro atoms. The predicted octanol–water partition coefficient (Wildman–Crippen LogP) is 1.75. The summed E-state index contributed by atoms with van der Waals surface area (Å²) in [4.78, 5) is 26.2. The van der Waals surface area contributed by atoms with E-state index in [4.69, 9.17) is 0 Å². The number of nitrogens with one attached hydrogen (secondary N) is 2. The average molecular weight is 316 g/mol. The molecule has 0 radical (unpaired) electrons. The lowest BCUT2D eigenvalue weighted by Gasteiger charge is -2.21. The molecule has 3 aromatic heterocycles. The zero-order chi connectivity index (χ0) is 15.1. The number of likely N-dealkylation sites (tertiary alicyclic amines) is 1. The van der Waals surface area contributed by atoms with Crippen molar-refractivity contribution in [2.45, 2.75) is 32.4 Å². The highest BCUT2D eigenvalue weighted by atomic mass is 32.1. The molecule has 1 fully saturated rings. The maximum Gasteiger partial charge on any atom is 0.268 e. The van der Waals surface area contributed by atoms with Gasteiger partial charge in [-0.1, -0.05) is 0 Å². The normalized spacial score (nSPS) is 19.2. The molecule has 1 saturated heterocycles. The maximum absolute atomic E-state index is 12.1. The Hall–Kier alpha value is -2.06. The second-order valence-corrected chi connectivity index (χ2v) is 6.47. The molecule has 114 valence electrons. The number of hydrogen-bond acceptors (Lipinski definition) is 6. The third-order valence-electron chi connectivity index (χ3n) is 3.99. The average Bonchev–Trinajstić information content (AvgIpc) is 3.19. The molecule has 0 aromatic carbocycles. The van der Waals surface area contributed by atoms with Gasteiger partial charge in [0.2, 0.25) is 0 Å². The Kier molecular flexibility index (Phi) is 3.27. The molecule has 0 bridgehead atoms. The summed E-state index contributed by atoms with van der Waals surface area (Å²) < 4.78 is 0.686. The van der Waals surface area contributed by atoms with E-state index in [9.17, 15) is 4.79 Å². The van der Waals surface area contributed by atoms with Crippen LogP contribution in [0.1, 0.15) is 36.4 Å². The first-order valence-electron chi connectivity index (χ1n) is 7.30. The number of fused-ring (bicyclic) bond motifs is 1. The molecule has 4 heterocycles. The lowest BCUT2D eigenvalue weighted by Crippen LogP contribution is -2.26. The van der Waals surface area contributed by atoms with Gasteiger partial charge in [0.1, 0.15) is 16.3 Å². The number of aromatic nitrogens is 5. The first kappa shape index (κ1) is 13.6. The second kappa shape index (κ2) is 5.29. The van der Waals surface area contributed by atoms with Crippen LogP contribution in [0.25, 0.3) is 10.2 Å². The highest BCUT2D eigenvalue weighted by Gasteiger charge is 2.29. The van der Waals surface area contributed by atoms with Crippen molar-refractivity contribution in [2.24, 2.45) is 0 Å². The Balaban J connectivity index is 1.62. The molecular weight excluding hydrogens is 300 g/mol. The highest BCUT2D eigenvalue weighted by molar-refractivity contribution is 7.17. The molecule has 0 amide bonds. The Bertz CT molecular complexity index is 865. The summed E-state index contributed by atoms with van der Waals surface area (Å²) in [5.41, 5.74) is 0.715. The number of aryl methyl sites for hydroxylation is 1. The predicted molar refractivity (Wildman–Crippen MR) is 83.7 cm³/mol. The van der Waals surface area contributed by atoms with Crippen molar-refractivity contribution in [1.29, 1.82) is 0 Å². The summed E-state index contributed by atoms with van der Waals surface area (Å²) in [6.45, 7) is 3.47. The Morgan fingerprint density at radius 2 is 2.36 bits per heavy atom. The van der Waals surface area contributed by atoms with Crippen molar-refractivity contribution in [3.05, 3.63) is 39.3 Å². The molecule has 22 heavy (non-hydrogen) atoms. The van der Waals surface area contributed by atoms with Crippen LogP contribution in [-0.4, -0.2) is 36.6 Å². The van der Waals surface area contributed by atoms with Crippen LogP contribution in [-0.2, 0) is 6.54 Å². The summed E-state index contributed by atoms with van der Waals surface area (Å²) in [7, 11) is 0. The fraction of sp³-hybridized carbons (Fsp3) is 0.429. The number of rotatable bonds is 3. The Morgan fingerprint density at radius 3 is 3.18 bits per heavy atom. The van der Waals surface area contributed by atoms with Crippen molar-refractivity contribution >= 4 is 21.6 Å². The van der Waals surface area contributed by atoms with Crippen molar-refractivity contribution in [3.8, 4) is 0 Å². The number of hydrogen-bond donors (Lipinski definition) is 2. The molecule has 2 N–H and O–H groups in total. The molecule has 0 saturated carbocycles. The van der Waals surface area contributed by atoms with Crippen LogP contribution >= 0.6 is 11.3 Å². The van der Waals surface area contributed by atoms with E-state index < -0.39 is 0 Å². The third kappa shape index (κ3) is 2.34. The first-order chi connectivity index (χ1) is 10.7. The van der Waals surface area contributed by atoms with E-state index in [0.717, 1.165) is 36.6 Å². The molecule has 1 aliphatic rings. The van der Waals surface area contributed by atoms with Crippen molar-refractivity contribution < 1.29 is 0 Å². The van der Waals surface area contributed by atoms with E-state index in [0.29, 0.717) is 17.1 Å². The maximum atomic E-state index is 12.1. The van der Waals surface area contributed by atoms with Crippen molar-refractivity contribution in [3.63, 3.8) is 0 Å². The number of aromatic amines is 2.